The summed E-state index contributed by atoms with van der Waals surface area (Å²) in [7, 11) is 3.54. The number of Topliss-reactive ketones (excluding diaryl/α,β-unsaturated/α-hetero) is 1. The largest absolute Gasteiger partial charge is 0.468 e. The zero-order valence-electron chi connectivity index (χ0n) is 8.95. The lowest BCUT2D eigenvalue weighted by molar-refractivity contribution is 0.0511. The molecule has 1 atom stereocenters. The van der Waals surface area contributed by atoms with Crippen LogP contribution in [0.3, 0.4) is 0 Å². The average Bonchev–Trinajstić information content (AvgIpc) is 2.52. The highest BCUT2D eigenvalue weighted by Crippen LogP contribution is 2.31. The van der Waals surface area contributed by atoms with E-state index in [-0.39, 0.29) is 18.4 Å². The second-order valence-electron chi connectivity index (χ2n) is 3.84. The summed E-state index contributed by atoms with van der Waals surface area (Å²) in [5, 5.41) is 0. The Morgan fingerprint density at radius 2 is 2.33 bits per heavy atom. The minimum absolute atomic E-state index is 0.109. The van der Waals surface area contributed by atoms with Crippen molar-refractivity contribution in [3.63, 3.8) is 0 Å². The SMILES string of the molecule is BC1Cc2cc(OCOC)ccc2C1=O. The Balaban J connectivity index is 2.22. The van der Waals surface area contributed by atoms with E-state index in [9.17, 15) is 4.79 Å². The zero-order chi connectivity index (χ0) is 10.8. The van der Waals surface area contributed by atoms with E-state index in [1.54, 1.807) is 7.11 Å². The first kappa shape index (κ1) is 10.2. The molecule has 0 heterocycles. The summed E-state index contributed by atoms with van der Waals surface area (Å²) >= 11 is 0. The van der Waals surface area contributed by atoms with E-state index in [1.165, 1.54) is 0 Å². The summed E-state index contributed by atoms with van der Waals surface area (Å²) in [4.78, 5) is 11.7. The van der Waals surface area contributed by atoms with Crippen LogP contribution in [0.2, 0.25) is 5.82 Å². The van der Waals surface area contributed by atoms with Crippen LogP contribution in [-0.2, 0) is 11.2 Å². The predicted molar refractivity (Wildman–Crippen MR) is 59.3 cm³/mol. The van der Waals surface area contributed by atoms with Gasteiger partial charge in [-0.3, -0.25) is 4.79 Å². The summed E-state index contributed by atoms with van der Waals surface area (Å²) in [5.74, 6) is 1.11. The van der Waals surface area contributed by atoms with Crippen molar-refractivity contribution in [2.45, 2.75) is 12.2 Å². The van der Waals surface area contributed by atoms with Crippen molar-refractivity contribution in [1.82, 2.24) is 0 Å². The molecule has 0 bridgehead atoms. The first-order valence-electron chi connectivity index (χ1n) is 5.01. The molecule has 0 N–H and O–H groups in total. The molecule has 4 heteroatoms. The monoisotopic (exact) mass is 204 g/mol. The second-order valence-corrected chi connectivity index (χ2v) is 3.84. The van der Waals surface area contributed by atoms with Gasteiger partial charge in [0.1, 0.15) is 13.6 Å². The van der Waals surface area contributed by atoms with Gasteiger partial charge in [-0.25, -0.2) is 0 Å². The molecule has 3 nitrogen and oxygen atoms in total. The van der Waals surface area contributed by atoms with Crippen LogP contribution >= 0.6 is 0 Å². The number of hydrogen-bond acceptors (Lipinski definition) is 3. The fourth-order valence-electron chi connectivity index (χ4n) is 1.88. The van der Waals surface area contributed by atoms with E-state index in [0.29, 0.717) is 0 Å². The number of ketones is 1. The lowest BCUT2D eigenvalue weighted by Crippen LogP contribution is -2.01. The number of fused-ring (bicyclic) bond motifs is 1. The normalized spacial score (nSPS) is 19.0. The highest BCUT2D eigenvalue weighted by atomic mass is 16.7. The van der Waals surface area contributed by atoms with Crippen LogP contribution in [0.1, 0.15) is 15.9 Å². The Labute approximate surface area is 89.8 Å². The summed E-state index contributed by atoms with van der Waals surface area (Å²) in [5.41, 5.74) is 1.92. The molecule has 1 aromatic rings. The van der Waals surface area contributed by atoms with Crippen molar-refractivity contribution in [2.24, 2.45) is 0 Å². The van der Waals surface area contributed by atoms with Gasteiger partial charge in [-0.15, -0.1) is 0 Å². The van der Waals surface area contributed by atoms with Gasteiger partial charge in [0.25, 0.3) is 0 Å². The Morgan fingerprint density at radius 1 is 1.53 bits per heavy atom. The number of hydrogen-bond donors (Lipinski definition) is 0. The molecule has 1 unspecified atom stereocenters. The minimum atomic E-state index is 0.109. The number of rotatable bonds is 3. The van der Waals surface area contributed by atoms with Gasteiger partial charge in [0.05, 0.1) is 0 Å². The fourth-order valence-corrected chi connectivity index (χ4v) is 1.88. The molecule has 0 radical (unpaired) electrons. The molecule has 78 valence electrons. The third-order valence-electron chi connectivity index (χ3n) is 2.66. The van der Waals surface area contributed by atoms with E-state index in [0.717, 1.165) is 23.3 Å². The number of carbonyl (C=O) groups is 1. The maximum absolute atomic E-state index is 11.7. The molecule has 0 spiro atoms. The molecule has 0 aliphatic heterocycles. The van der Waals surface area contributed by atoms with Crippen LogP contribution in [-0.4, -0.2) is 27.5 Å². The molecule has 1 aliphatic rings. The molecule has 1 aliphatic carbocycles. The number of methoxy groups -OCH3 is 1. The van der Waals surface area contributed by atoms with Crippen LogP contribution in [0.4, 0.5) is 0 Å². The Kier molecular flexibility index (Phi) is 2.78. The van der Waals surface area contributed by atoms with Gasteiger partial charge < -0.3 is 9.47 Å². The summed E-state index contributed by atoms with van der Waals surface area (Å²) < 4.78 is 10.1. The standard InChI is InChI=1S/C11H13BO3/c1-14-6-15-8-2-3-9-7(4-8)5-10(12)11(9)13/h2-4,10H,5-6,12H2,1H3. The molecule has 0 aromatic heterocycles. The molecule has 0 saturated heterocycles. The number of carbonyl (C=O) groups excluding carboxylic acids is 1. The maximum atomic E-state index is 11.7. The van der Waals surface area contributed by atoms with Gasteiger partial charge in [0, 0.05) is 12.7 Å². The summed E-state index contributed by atoms with van der Waals surface area (Å²) in [6.45, 7) is 0.238. The predicted octanol–water partition coefficient (Wildman–Crippen LogP) is 0.830. The average molecular weight is 204 g/mol. The van der Waals surface area contributed by atoms with Gasteiger partial charge in [0.2, 0.25) is 0 Å². The second kappa shape index (κ2) is 4.07. The third kappa shape index (κ3) is 1.90. The third-order valence-corrected chi connectivity index (χ3v) is 2.66. The molecule has 0 saturated carbocycles. The topological polar surface area (TPSA) is 35.5 Å². The van der Waals surface area contributed by atoms with Crippen molar-refractivity contribution >= 4 is 13.6 Å². The van der Waals surface area contributed by atoms with E-state index in [1.807, 2.05) is 26.0 Å². The van der Waals surface area contributed by atoms with Crippen LogP contribution in [0.15, 0.2) is 18.2 Å². The van der Waals surface area contributed by atoms with E-state index < -0.39 is 0 Å². The first-order chi connectivity index (χ1) is 7.22. The Hall–Kier alpha value is -1.29. The minimum Gasteiger partial charge on any atom is -0.468 e. The van der Waals surface area contributed by atoms with E-state index in [4.69, 9.17) is 9.47 Å². The molecular weight excluding hydrogens is 191 g/mol. The van der Waals surface area contributed by atoms with Gasteiger partial charge in [0.15, 0.2) is 12.6 Å². The van der Waals surface area contributed by atoms with E-state index in [2.05, 4.69) is 0 Å². The lowest BCUT2D eigenvalue weighted by Gasteiger charge is -2.05. The van der Waals surface area contributed by atoms with Crippen molar-refractivity contribution < 1.29 is 14.3 Å². The van der Waals surface area contributed by atoms with Crippen LogP contribution in [0.5, 0.6) is 5.75 Å². The zero-order valence-corrected chi connectivity index (χ0v) is 8.95. The van der Waals surface area contributed by atoms with E-state index >= 15 is 0 Å². The maximum Gasteiger partial charge on any atom is 0.188 e. The smallest absolute Gasteiger partial charge is 0.188 e. The summed E-state index contributed by atoms with van der Waals surface area (Å²) in [6.07, 6.45) is 0.818. The Bertz CT molecular complexity index is 389. The van der Waals surface area contributed by atoms with Gasteiger partial charge in [-0.1, -0.05) is 0 Å². The summed E-state index contributed by atoms with van der Waals surface area (Å²) in [6, 6.07) is 5.58. The fraction of sp³-hybridized carbons (Fsp3) is 0.364. The van der Waals surface area contributed by atoms with Gasteiger partial charge >= 0.3 is 0 Å². The number of ether oxygens (including phenoxy) is 2. The number of benzene rings is 1. The molecule has 0 amide bonds. The molecular formula is C11H13BO3. The molecule has 2 rings (SSSR count). The van der Waals surface area contributed by atoms with Crippen LogP contribution in [0, 0.1) is 0 Å². The molecule has 0 fully saturated rings. The van der Waals surface area contributed by atoms with Crippen molar-refractivity contribution in [2.75, 3.05) is 13.9 Å². The Morgan fingerprint density at radius 3 is 3.07 bits per heavy atom. The van der Waals surface area contributed by atoms with Gasteiger partial charge in [-0.05, 0) is 36.0 Å². The van der Waals surface area contributed by atoms with Crippen LogP contribution < -0.4 is 4.74 Å². The molecule has 15 heavy (non-hydrogen) atoms. The first-order valence-corrected chi connectivity index (χ1v) is 5.01. The van der Waals surface area contributed by atoms with Gasteiger partial charge in [-0.2, -0.15) is 0 Å². The van der Waals surface area contributed by atoms with Crippen molar-refractivity contribution in [1.29, 1.82) is 0 Å². The van der Waals surface area contributed by atoms with Crippen molar-refractivity contribution in [3.05, 3.63) is 29.3 Å². The highest BCUT2D eigenvalue weighted by Gasteiger charge is 2.26. The lowest BCUT2D eigenvalue weighted by atomic mass is 9.84. The van der Waals surface area contributed by atoms with Crippen LogP contribution in [0.25, 0.3) is 0 Å². The quantitative estimate of drug-likeness (QED) is 0.540. The van der Waals surface area contributed by atoms with Crippen molar-refractivity contribution in [3.8, 4) is 5.75 Å². The molecule has 1 aromatic carbocycles. The highest BCUT2D eigenvalue weighted by molar-refractivity contribution is 6.29.